The molecule has 5 nitrogen and oxygen atoms in total. The smallest absolute Gasteiger partial charge is 0.261 e. The van der Waals surface area contributed by atoms with Gasteiger partial charge in [0, 0.05) is 16.8 Å². The molecule has 0 spiro atoms. The molecule has 0 saturated heterocycles. The molecule has 23 heavy (non-hydrogen) atoms. The topological polar surface area (TPSA) is 64.0 Å². The number of imidazole rings is 1. The second-order valence-corrected chi connectivity index (χ2v) is 5.59. The molecule has 0 saturated carbocycles. The van der Waals surface area contributed by atoms with Crippen LogP contribution in [0.2, 0.25) is 5.02 Å². The number of carbonyl (C=O) groups is 2. The summed E-state index contributed by atoms with van der Waals surface area (Å²) in [5, 5.41) is 2.97. The van der Waals surface area contributed by atoms with Crippen molar-refractivity contribution in [2.24, 2.45) is 0 Å². The van der Waals surface area contributed by atoms with E-state index in [1.54, 1.807) is 41.2 Å². The number of aromatic nitrogens is 2. The van der Waals surface area contributed by atoms with Crippen LogP contribution in [-0.4, -0.2) is 21.4 Å². The van der Waals surface area contributed by atoms with Crippen molar-refractivity contribution in [1.82, 2.24) is 14.9 Å². The second-order valence-electron chi connectivity index (χ2n) is 5.16. The van der Waals surface area contributed by atoms with E-state index in [0.717, 1.165) is 11.3 Å². The Labute approximate surface area is 136 Å². The minimum absolute atomic E-state index is 0.370. The third-order valence-corrected chi connectivity index (χ3v) is 3.99. The summed E-state index contributed by atoms with van der Waals surface area (Å²) < 4.78 is 1.74. The van der Waals surface area contributed by atoms with Crippen molar-refractivity contribution in [3.63, 3.8) is 0 Å². The number of hydrogen-bond acceptors (Lipinski definition) is 3. The normalized spacial score (nSPS) is 13.1. The van der Waals surface area contributed by atoms with Gasteiger partial charge in [-0.05, 0) is 24.3 Å². The zero-order chi connectivity index (χ0) is 16.0. The average molecular weight is 324 g/mol. The molecule has 0 aliphatic carbocycles. The van der Waals surface area contributed by atoms with E-state index >= 15 is 0 Å². The first-order valence-corrected chi connectivity index (χ1v) is 7.30. The third-order valence-electron chi connectivity index (χ3n) is 3.74. The maximum Gasteiger partial charge on any atom is 0.261 e. The van der Waals surface area contributed by atoms with Gasteiger partial charge in [0.25, 0.3) is 11.8 Å². The van der Waals surface area contributed by atoms with Crippen LogP contribution in [0, 0.1) is 0 Å². The van der Waals surface area contributed by atoms with Crippen molar-refractivity contribution in [2.75, 3.05) is 0 Å². The molecule has 6 heteroatoms. The summed E-state index contributed by atoms with van der Waals surface area (Å²) >= 11 is 5.89. The summed E-state index contributed by atoms with van der Waals surface area (Å²) in [5.41, 5.74) is 3.05. The Morgan fingerprint density at radius 2 is 1.78 bits per heavy atom. The number of benzene rings is 2. The molecule has 1 aliphatic rings. The molecule has 1 N–H and O–H groups in total. The summed E-state index contributed by atoms with van der Waals surface area (Å²) in [6, 6.07) is 12.5. The molecular formula is C17H10ClN3O2. The lowest BCUT2D eigenvalue weighted by Crippen LogP contribution is -2.20. The predicted octanol–water partition coefficient (Wildman–Crippen LogP) is 3.08. The minimum Gasteiger partial charge on any atom is -0.305 e. The third kappa shape index (κ3) is 2.22. The van der Waals surface area contributed by atoms with Crippen LogP contribution in [0.3, 0.4) is 0 Å². The fourth-order valence-corrected chi connectivity index (χ4v) is 2.77. The second kappa shape index (κ2) is 5.07. The van der Waals surface area contributed by atoms with Crippen LogP contribution in [0.25, 0.3) is 16.9 Å². The summed E-state index contributed by atoms with van der Waals surface area (Å²) in [6.07, 6.45) is 3.44. The van der Waals surface area contributed by atoms with Gasteiger partial charge in [-0.15, -0.1) is 0 Å². The molecule has 2 heterocycles. The number of amides is 2. The van der Waals surface area contributed by atoms with Crippen LogP contribution < -0.4 is 5.32 Å². The molecule has 0 unspecified atom stereocenters. The maximum atomic E-state index is 12.0. The molecular weight excluding hydrogens is 314 g/mol. The van der Waals surface area contributed by atoms with Crippen molar-refractivity contribution < 1.29 is 9.59 Å². The fourth-order valence-electron chi connectivity index (χ4n) is 2.64. The Hall–Kier alpha value is -2.92. The molecule has 1 aliphatic heterocycles. The molecule has 3 aromatic rings. The Morgan fingerprint density at radius 1 is 1.00 bits per heavy atom. The van der Waals surface area contributed by atoms with Crippen LogP contribution in [0.1, 0.15) is 20.7 Å². The minimum atomic E-state index is -0.387. The SMILES string of the molecule is O=C1NC(=O)c2c1cccc2-n1cnc(-c2ccc(Cl)cc2)c1. The highest BCUT2D eigenvalue weighted by molar-refractivity contribution is 6.30. The number of nitrogens with one attached hydrogen (secondary N) is 1. The van der Waals surface area contributed by atoms with Gasteiger partial charge in [-0.25, -0.2) is 4.98 Å². The van der Waals surface area contributed by atoms with Gasteiger partial charge in [-0.3, -0.25) is 14.9 Å². The zero-order valence-corrected chi connectivity index (χ0v) is 12.5. The van der Waals surface area contributed by atoms with Gasteiger partial charge in [-0.2, -0.15) is 0 Å². The molecule has 0 radical (unpaired) electrons. The molecule has 0 fully saturated rings. The maximum absolute atomic E-state index is 12.0. The Morgan fingerprint density at radius 3 is 2.57 bits per heavy atom. The van der Waals surface area contributed by atoms with E-state index in [0.29, 0.717) is 21.8 Å². The van der Waals surface area contributed by atoms with E-state index < -0.39 is 0 Å². The first kappa shape index (κ1) is 13.7. The van der Waals surface area contributed by atoms with Crippen LogP contribution >= 0.6 is 11.6 Å². The first-order valence-electron chi connectivity index (χ1n) is 6.92. The first-order chi connectivity index (χ1) is 11.1. The molecule has 2 aromatic carbocycles. The van der Waals surface area contributed by atoms with Crippen molar-refractivity contribution in [3.8, 4) is 16.9 Å². The van der Waals surface area contributed by atoms with Crippen molar-refractivity contribution >= 4 is 23.4 Å². The Kier molecular flexibility index (Phi) is 3.02. The van der Waals surface area contributed by atoms with Crippen molar-refractivity contribution in [3.05, 3.63) is 71.1 Å². The molecule has 1 aromatic heterocycles. The standard InChI is InChI=1S/C17H10ClN3O2/c18-11-6-4-10(5-7-11)13-8-21(9-19-13)14-3-1-2-12-15(14)17(23)20-16(12)22/h1-9H,(H,20,22,23). The number of fused-ring (bicyclic) bond motifs is 1. The van der Waals surface area contributed by atoms with Gasteiger partial charge in [0.2, 0.25) is 0 Å². The lowest BCUT2D eigenvalue weighted by molar-refractivity contribution is 0.0879. The van der Waals surface area contributed by atoms with Crippen LogP contribution in [-0.2, 0) is 0 Å². The summed E-state index contributed by atoms with van der Waals surface area (Å²) in [6.45, 7) is 0. The number of halogens is 1. The molecule has 0 bridgehead atoms. The van der Waals surface area contributed by atoms with Gasteiger partial charge >= 0.3 is 0 Å². The fraction of sp³-hybridized carbons (Fsp3) is 0. The Bertz CT molecular complexity index is 945. The van der Waals surface area contributed by atoms with Gasteiger partial charge in [0.05, 0.1) is 28.8 Å². The highest BCUT2D eigenvalue weighted by atomic mass is 35.5. The highest BCUT2D eigenvalue weighted by Gasteiger charge is 2.29. The number of imide groups is 1. The summed E-state index contributed by atoms with van der Waals surface area (Å²) in [5.74, 6) is -0.757. The van der Waals surface area contributed by atoms with E-state index in [4.69, 9.17) is 11.6 Å². The molecule has 112 valence electrons. The number of hydrogen-bond donors (Lipinski definition) is 1. The quantitative estimate of drug-likeness (QED) is 0.737. The van der Waals surface area contributed by atoms with Gasteiger partial charge in [0.1, 0.15) is 0 Å². The molecule has 0 atom stereocenters. The average Bonchev–Trinajstić information content (AvgIpc) is 3.14. The monoisotopic (exact) mass is 323 g/mol. The van der Waals surface area contributed by atoms with E-state index in [9.17, 15) is 9.59 Å². The largest absolute Gasteiger partial charge is 0.305 e. The number of nitrogens with zero attached hydrogens (tertiary/aromatic N) is 2. The predicted molar refractivity (Wildman–Crippen MR) is 85.8 cm³/mol. The van der Waals surface area contributed by atoms with E-state index in [2.05, 4.69) is 10.3 Å². The van der Waals surface area contributed by atoms with Crippen molar-refractivity contribution in [2.45, 2.75) is 0 Å². The van der Waals surface area contributed by atoms with E-state index in [1.807, 2.05) is 18.3 Å². The lowest BCUT2D eigenvalue weighted by atomic mass is 10.1. The van der Waals surface area contributed by atoms with Crippen LogP contribution in [0.4, 0.5) is 0 Å². The Balaban J connectivity index is 1.80. The number of rotatable bonds is 2. The zero-order valence-electron chi connectivity index (χ0n) is 11.8. The lowest BCUT2D eigenvalue weighted by Gasteiger charge is -2.06. The van der Waals surface area contributed by atoms with Crippen molar-refractivity contribution in [1.29, 1.82) is 0 Å². The van der Waals surface area contributed by atoms with Gasteiger partial charge < -0.3 is 4.57 Å². The van der Waals surface area contributed by atoms with E-state index in [1.165, 1.54) is 0 Å². The summed E-state index contributed by atoms with van der Waals surface area (Å²) in [7, 11) is 0. The summed E-state index contributed by atoms with van der Waals surface area (Å²) in [4.78, 5) is 28.1. The molecule has 4 rings (SSSR count). The van der Waals surface area contributed by atoms with Crippen LogP contribution in [0.15, 0.2) is 55.0 Å². The highest BCUT2D eigenvalue weighted by Crippen LogP contribution is 2.26. The van der Waals surface area contributed by atoms with Crippen LogP contribution in [0.5, 0.6) is 0 Å². The van der Waals surface area contributed by atoms with Gasteiger partial charge in [0.15, 0.2) is 0 Å². The number of carbonyl (C=O) groups excluding carboxylic acids is 2. The van der Waals surface area contributed by atoms with E-state index in [-0.39, 0.29) is 11.8 Å². The van der Waals surface area contributed by atoms with Gasteiger partial charge in [-0.1, -0.05) is 29.8 Å². The molecule has 2 amide bonds.